The zero-order valence-electron chi connectivity index (χ0n) is 13.2. The van der Waals surface area contributed by atoms with Gasteiger partial charge in [0.1, 0.15) is 0 Å². The molecule has 114 valence electrons. The maximum atomic E-state index is 13.2. The summed E-state index contributed by atoms with van der Waals surface area (Å²) < 4.78 is 28.6. The SMILES string of the molecule is C[Si](C)(C)c1scc2c1S(=O)(=O)c1c-2csc1[Si](C)(C)C. The summed E-state index contributed by atoms with van der Waals surface area (Å²) >= 11 is 3.28. The van der Waals surface area contributed by atoms with Gasteiger partial charge in [-0.1, -0.05) is 39.3 Å². The van der Waals surface area contributed by atoms with Crippen LogP contribution in [0.1, 0.15) is 0 Å². The molecule has 0 fully saturated rings. The Hall–Kier alpha value is -0.216. The minimum absolute atomic E-state index is 0.643. The summed E-state index contributed by atoms with van der Waals surface area (Å²) in [4.78, 5) is 1.29. The first-order valence-electron chi connectivity index (χ1n) is 6.95. The van der Waals surface area contributed by atoms with Gasteiger partial charge in [0, 0.05) is 20.1 Å². The second-order valence-electron chi connectivity index (χ2n) is 7.62. The van der Waals surface area contributed by atoms with E-state index in [1.165, 1.54) is 0 Å². The minimum atomic E-state index is -3.32. The highest BCUT2D eigenvalue weighted by Gasteiger charge is 2.44. The van der Waals surface area contributed by atoms with Crippen LogP contribution in [-0.4, -0.2) is 24.6 Å². The van der Waals surface area contributed by atoms with E-state index in [1.54, 1.807) is 22.7 Å². The molecule has 0 spiro atoms. The molecule has 3 heterocycles. The van der Waals surface area contributed by atoms with Crippen LogP contribution in [0.3, 0.4) is 0 Å². The quantitative estimate of drug-likeness (QED) is 0.643. The highest BCUT2D eigenvalue weighted by molar-refractivity contribution is 7.93. The van der Waals surface area contributed by atoms with Crippen molar-refractivity contribution in [3.05, 3.63) is 10.8 Å². The minimum Gasteiger partial charge on any atom is -0.218 e. The van der Waals surface area contributed by atoms with Gasteiger partial charge < -0.3 is 0 Å². The monoisotopic (exact) mass is 372 g/mol. The van der Waals surface area contributed by atoms with Gasteiger partial charge in [-0.15, -0.1) is 0 Å². The Balaban J connectivity index is 2.36. The molecule has 7 heteroatoms. The van der Waals surface area contributed by atoms with Gasteiger partial charge in [0.15, 0.2) is 0 Å². The van der Waals surface area contributed by atoms with E-state index in [9.17, 15) is 8.42 Å². The summed E-state index contributed by atoms with van der Waals surface area (Å²) in [6.45, 7) is 13.3. The molecule has 0 saturated carbocycles. The average molecular weight is 373 g/mol. The number of hydrogen-bond acceptors (Lipinski definition) is 4. The molecule has 3 rings (SSSR count). The van der Waals surface area contributed by atoms with Crippen molar-refractivity contribution in [2.75, 3.05) is 0 Å². The van der Waals surface area contributed by atoms with Crippen molar-refractivity contribution in [2.24, 2.45) is 0 Å². The third-order valence-electron chi connectivity index (χ3n) is 3.68. The Kier molecular flexibility index (Phi) is 3.29. The number of hydrogen-bond donors (Lipinski definition) is 0. The lowest BCUT2D eigenvalue weighted by molar-refractivity contribution is 0.600. The van der Waals surface area contributed by atoms with Crippen LogP contribution in [0.25, 0.3) is 11.1 Å². The molecule has 1 aliphatic rings. The molecule has 0 aromatic carbocycles. The maximum absolute atomic E-state index is 13.2. The first-order valence-corrected chi connectivity index (χ1v) is 17.2. The Morgan fingerprint density at radius 3 is 1.38 bits per heavy atom. The molecule has 0 aliphatic carbocycles. The third-order valence-corrected chi connectivity index (χ3v) is 15.4. The summed E-state index contributed by atoms with van der Waals surface area (Å²) in [6.07, 6.45) is 0. The molecule has 0 bridgehead atoms. The topological polar surface area (TPSA) is 34.1 Å². The highest BCUT2D eigenvalue weighted by Crippen LogP contribution is 2.46. The van der Waals surface area contributed by atoms with Gasteiger partial charge in [-0.3, -0.25) is 0 Å². The lowest BCUT2D eigenvalue weighted by atomic mass is 10.2. The summed E-state index contributed by atoms with van der Waals surface area (Å²) in [5.41, 5.74) is 1.93. The molecule has 0 atom stereocenters. The number of rotatable bonds is 2. The standard InChI is InChI=1S/C14H20O2S3Si2/c1-20(2,3)13-11-9(7-17-13)10-8-18-14(21(4,5)6)12(10)19(11,15)16/h7-8H,1-6H3. The van der Waals surface area contributed by atoms with E-state index >= 15 is 0 Å². The second-order valence-corrected chi connectivity index (χ2v) is 21.9. The smallest absolute Gasteiger partial charge is 0.209 e. The van der Waals surface area contributed by atoms with Crippen LogP contribution in [0.2, 0.25) is 39.3 Å². The van der Waals surface area contributed by atoms with Gasteiger partial charge in [-0.05, 0) is 10.8 Å². The molecule has 2 aromatic heterocycles. The van der Waals surface area contributed by atoms with Gasteiger partial charge in [0.25, 0.3) is 0 Å². The molecule has 1 aliphatic heterocycles. The predicted molar refractivity (Wildman–Crippen MR) is 99.0 cm³/mol. The summed E-state index contributed by atoms with van der Waals surface area (Å²) in [7, 11) is -6.61. The lowest BCUT2D eigenvalue weighted by Crippen LogP contribution is -2.40. The zero-order valence-corrected chi connectivity index (χ0v) is 17.6. The Morgan fingerprint density at radius 1 is 0.762 bits per heavy atom. The van der Waals surface area contributed by atoms with Gasteiger partial charge in [-0.2, -0.15) is 22.7 Å². The van der Waals surface area contributed by atoms with Crippen molar-refractivity contribution in [2.45, 2.75) is 49.1 Å². The summed E-state index contributed by atoms with van der Waals surface area (Å²) in [5.74, 6) is 0. The van der Waals surface area contributed by atoms with Gasteiger partial charge >= 0.3 is 0 Å². The lowest BCUT2D eigenvalue weighted by Gasteiger charge is -2.18. The van der Waals surface area contributed by atoms with Crippen LogP contribution in [0, 0.1) is 0 Å². The number of fused-ring (bicyclic) bond motifs is 3. The Bertz CT molecular complexity index is 766. The molecule has 0 saturated heterocycles. The fraction of sp³-hybridized carbons (Fsp3) is 0.429. The second kappa shape index (κ2) is 4.41. The van der Waals surface area contributed by atoms with Crippen molar-refractivity contribution in [3.8, 4) is 11.1 Å². The Labute approximate surface area is 136 Å². The van der Waals surface area contributed by atoms with E-state index in [4.69, 9.17) is 0 Å². The van der Waals surface area contributed by atoms with Crippen LogP contribution < -0.4 is 9.00 Å². The van der Waals surface area contributed by atoms with Crippen LogP contribution in [0.4, 0.5) is 0 Å². The van der Waals surface area contributed by atoms with Crippen molar-refractivity contribution in [1.29, 1.82) is 0 Å². The highest BCUT2D eigenvalue weighted by atomic mass is 32.2. The van der Waals surface area contributed by atoms with Crippen molar-refractivity contribution in [3.63, 3.8) is 0 Å². The molecule has 21 heavy (non-hydrogen) atoms. The van der Waals surface area contributed by atoms with Gasteiger partial charge in [0.05, 0.1) is 25.9 Å². The van der Waals surface area contributed by atoms with Crippen LogP contribution in [0.15, 0.2) is 20.6 Å². The van der Waals surface area contributed by atoms with Crippen molar-refractivity contribution in [1.82, 2.24) is 0 Å². The molecule has 0 unspecified atom stereocenters. The first kappa shape index (κ1) is 15.7. The molecule has 0 N–H and O–H groups in total. The molecule has 2 aromatic rings. The number of sulfone groups is 1. The molecular weight excluding hydrogens is 353 g/mol. The van der Waals surface area contributed by atoms with Gasteiger partial charge in [0.2, 0.25) is 9.84 Å². The van der Waals surface area contributed by atoms with E-state index in [0.29, 0.717) is 9.79 Å². The van der Waals surface area contributed by atoms with Crippen LogP contribution in [0.5, 0.6) is 0 Å². The number of thiophene rings is 2. The summed E-state index contributed by atoms with van der Waals surface area (Å²) in [6, 6.07) is 0. The Morgan fingerprint density at radius 2 is 1.10 bits per heavy atom. The van der Waals surface area contributed by atoms with Crippen LogP contribution >= 0.6 is 22.7 Å². The van der Waals surface area contributed by atoms with Gasteiger partial charge in [-0.25, -0.2) is 8.42 Å². The van der Waals surface area contributed by atoms with E-state index in [0.717, 1.165) is 20.1 Å². The first-order chi connectivity index (χ1) is 9.45. The molecule has 2 nitrogen and oxygen atoms in total. The van der Waals surface area contributed by atoms with Crippen molar-refractivity contribution < 1.29 is 8.42 Å². The van der Waals surface area contributed by atoms with Crippen molar-refractivity contribution >= 4 is 57.7 Å². The van der Waals surface area contributed by atoms with Crippen LogP contribution in [-0.2, 0) is 9.84 Å². The largest absolute Gasteiger partial charge is 0.218 e. The van der Waals surface area contributed by atoms with E-state index < -0.39 is 26.0 Å². The van der Waals surface area contributed by atoms with E-state index in [2.05, 4.69) is 50.0 Å². The fourth-order valence-corrected chi connectivity index (χ4v) is 14.3. The zero-order chi connectivity index (χ0) is 15.8. The van der Waals surface area contributed by atoms with E-state index in [1.807, 2.05) is 0 Å². The van der Waals surface area contributed by atoms with E-state index in [-0.39, 0.29) is 0 Å². The summed E-state index contributed by atoms with van der Waals surface area (Å²) in [5, 5.41) is 4.13. The third kappa shape index (κ3) is 2.16. The normalized spacial score (nSPS) is 16.9. The average Bonchev–Trinajstić information content (AvgIpc) is 2.93. The molecular formula is C14H20O2S3Si2. The predicted octanol–water partition coefficient (Wildman–Crippen LogP) is 3.71. The molecule has 0 radical (unpaired) electrons. The fourth-order valence-electron chi connectivity index (χ4n) is 2.74. The molecule has 0 amide bonds. The maximum Gasteiger partial charge on any atom is 0.209 e.